The number of nitrogens with one attached hydrogen (secondary N) is 2. The monoisotopic (exact) mass is 532 g/mol. The molecule has 0 saturated heterocycles. The van der Waals surface area contributed by atoms with Gasteiger partial charge in [0.25, 0.3) is 5.91 Å². The largest absolute Gasteiger partial charge is 0.358 e. The minimum Gasteiger partial charge on any atom is -0.358 e. The first kappa shape index (κ1) is 35.8. The molecule has 7 heteroatoms. The number of rotatable bonds is 14. The number of amides is 2. The number of aldehydes is 1. The van der Waals surface area contributed by atoms with Gasteiger partial charge >= 0.3 is 0 Å². The van der Waals surface area contributed by atoms with Gasteiger partial charge in [0.1, 0.15) is 6.29 Å². The summed E-state index contributed by atoms with van der Waals surface area (Å²) in [5.74, 6) is 2.26. The molecule has 218 valence electrons. The number of benzene rings is 1. The highest BCUT2D eigenvalue weighted by molar-refractivity contribution is 5.95. The van der Waals surface area contributed by atoms with Crippen molar-refractivity contribution < 1.29 is 14.4 Å². The number of nitrogens with two attached hydrogens (primary N) is 1. The quantitative estimate of drug-likeness (QED) is 0.282. The van der Waals surface area contributed by atoms with E-state index >= 15 is 0 Å². The van der Waals surface area contributed by atoms with Gasteiger partial charge in [-0.2, -0.15) is 0 Å². The van der Waals surface area contributed by atoms with E-state index in [0.717, 1.165) is 37.5 Å². The van der Waals surface area contributed by atoms with Crippen LogP contribution in [0.5, 0.6) is 0 Å². The maximum absolute atomic E-state index is 11.8. The second-order valence-electron chi connectivity index (χ2n) is 11.0. The maximum atomic E-state index is 11.8. The molecule has 2 aliphatic rings. The van der Waals surface area contributed by atoms with Gasteiger partial charge in [0, 0.05) is 30.3 Å². The molecule has 0 bridgehead atoms. The van der Waals surface area contributed by atoms with Crippen LogP contribution in [-0.2, 0) is 4.79 Å². The van der Waals surface area contributed by atoms with Crippen molar-refractivity contribution in [3.63, 3.8) is 0 Å². The Morgan fingerprint density at radius 2 is 1.66 bits per heavy atom. The number of nitrogens with zero attached hydrogens (tertiary/aromatic N) is 1. The van der Waals surface area contributed by atoms with E-state index < -0.39 is 0 Å². The number of hydrogen-bond acceptors (Lipinski definition) is 5. The predicted octanol–water partition coefficient (Wildman–Crippen LogP) is 5.29. The zero-order valence-corrected chi connectivity index (χ0v) is 25.0. The van der Waals surface area contributed by atoms with Crippen LogP contribution in [0.25, 0.3) is 0 Å². The van der Waals surface area contributed by atoms with Crippen LogP contribution in [0.2, 0.25) is 0 Å². The van der Waals surface area contributed by atoms with E-state index in [4.69, 9.17) is 5.73 Å². The topological polar surface area (TPSA) is 105 Å². The summed E-state index contributed by atoms with van der Waals surface area (Å²) >= 11 is 0. The van der Waals surface area contributed by atoms with E-state index in [0.29, 0.717) is 23.6 Å². The first-order valence-corrected chi connectivity index (χ1v) is 14.6. The average Bonchev–Trinajstić information content (AvgIpc) is 3.82. The molecule has 2 fully saturated rings. The summed E-state index contributed by atoms with van der Waals surface area (Å²) < 4.78 is 0. The second-order valence-corrected chi connectivity index (χ2v) is 11.0. The summed E-state index contributed by atoms with van der Waals surface area (Å²) in [6.45, 7) is 14.7. The van der Waals surface area contributed by atoms with E-state index in [1.165, 1.54) is 58.0 Å². The Morgan fingerprint density at radius 1 is 1.05 bits per heavy atom. The van der Waals surface area contributed by atoms with E-state index in [-0.39, 0.29) is 11.9 Å². The van der Waals surface area contributed by atoms with Crippen LogP contribution in [0.1, 0.15) is 107 Å². The highest BCUT2D eigenvalue weighted by Crippen LogP contribution is 2.31. The number of hydrogen-bond donors (Lipinski definition) is 3. The minimum absolute atomic E-state index is 0.0387. The van der Waals surface area contributed by atoms with Crippen LogP contribution in [0.3, 0.4) is 0 Å². The van der Waals surface area contributed by atoms with Crippen molar-refractivity contribution in [2.75, 3.05) is 33.2 Å². The van der Waals surface area contributed by atoms with Crippen molar-refractivity contribution in [1.29, 1.82) is 0 Å². The van der Waals surface area contributed by atoms with Crippen LogP contribution >= 0.6 is 0 Å². The Labute approximate surface area is 232 Å². The van der Waals surface area contributed by atoms with Crippen molar-refractivity contribution >= 4 is 18.6 Å². The third-order valence-electron chi connectivity index (χ3n) is 6.26. The molecule has 0 aromatic heterocycles. The van der Waals surface area contributed by atoms with Gasteiger partial charge in [0.15, 0.2) is 0 Å². The van der Waals surface area contributed by atoms with E-state index in [1.807, 2.05) is 0 Å². The molecule has 1 aromatic carbocycles. The smallest absolute Gasteiger partial charge is 0.251 e. The summed E-state index contributed by atoms with van der Waals surface area (Å²) in [5, 5.41) is 5.41. The Bertz CT molecular complexity index is 742. The van der Waals surface area contributed by atoms with Gasteiger partial charge < -0.3 is 21.3 Å². The lowest BCUT2D eigenvalue weighted by Crippen LogP contribution is -2.38. The van der Waals surface area contributed by atoms with Gasteiger partial charge in [-0.15, -0.1) is 0 Å². The summed E-state index contributed by atoms with van der Waals surface area (Å²) in [6.07, 6.45) is 12.0. The van der Waals surface area contributed by atoms with Crippen molar-refractivity contribution in [2.45, 2.75) is 92.0 Å². The molecule has 1 aromatic rings. The molecular weight excluding hydrogens is 476 g/mol. The van der Waals surface area contributed by atoms with E-state index in [1.54, 1.807) is 24.3 Å². The van der Waals surface area contributed by atoms with Crippen LogP contribution in [0, 0.1) is 17.8 Å². The van der Waals surface area contributed by atoms with Crippen molar-refractivity contribution in [3.8, 4) is 0 Å². The van der Waals surface area contributed by atoms with Crippen molar-refractivity contribution in [3.05, 3.63) is 35.4 Å². The second kappa shape index (κ2) is 22.7. The molecule has 2 saturated carbocycles. The van der Waals surface area contributed by atoms with Gasteiger partial charge in [-0.1, -0.05) is 66.0 Å². The lowest BCUT2D eigenvalue weighted by Gasteiger charge is -2.14. The van der Waals surface area contributed by atoms with Crippen LogP contribution in [-0.4, -0.2) is 62.8 Å². The first-order valence-electron chi connectivity index (χ1n) is 14.6. The fraction of sp³-hybridized carbons (Fsp3) is 0.710. The predicted molar refractivity (Wildman–Crippen MR) is 159 cm³/mol. The average molecular weight is 533 g/mol. The van der Waals surface area contributed by atoms with E-state index in [9.17, 15) is 14.4 Å². The molecule has 3 rings (SSSR count). The van der Waals surface area contributed by atoms with Crippen LogP contribution in [0.15, 0.2) is 24.3 Å². The molecule has 1 atom stereocenters. The van der Waals surface area contributed by atoms with Gasteiger partial charge in [-0.3, -0.25) is 14.4 Å². The molecule has 4 N–H and O–H groups in total. The van der Waals surface area contributed by atoms with Crippen LogP contribution in [0.4, 0.5) is 0 Å². The van der Waals surface area contributed by atoms with Gasteiger partial charge in [0.05, 0.1) is 0 Å². The van der Waals surface area contributed by atoms with Gasteiger partial charge in [-0.25, -0.2) is 0 Å². The van der Waals surface area contributed by atoms with Gasteiger partial charge in [0.2, 0.25) is 6.41 Å². The Kier molecular flexibility index (Phi) is 21.4. The Morgan fingerprint density at radius 3 is 2.08 bits per heavy atom. The van der Waals surface area contributed by atoms with Crippen molar-refractivity contribution in [2.24, 2.45) is 23.5 Å². The summed E-state index contributed by atoms with van der Waals surface area (Å²) in [4.78, 5) is 34.4. The molecule has 0 heterocycles. The fourth-order valence-corrected chi connectivity index (χ4v) is 3.71. The fourth-order valence-electron chi connectivity index (χ4n) is 3.71. The maximum Gasteiger partial charge on any atom is 0.251 e. The standard InChI is InChI=1S/C14H20N2O2.C7H17N.C5H9NO.C5H10/c1-10(2)6-13(15)8-16-14(18)12-5-3-4-11(7-12)9-17;1-4-6-8(3)7-5-2;7-4-6-3-5-1-2-5;1-2-5-3-4-5/h3-5,7,9-10,13H,6,8,15H2,1-2H3,(H,16,18);4-7H2,1-3H3;4-5H,1-3H2,(H,6,7);5H,2-4H2,1H3. The molecule has 38 heavy (non-hydrogen) atoms. The summed E-state index contributed by atoms with van der Waals surface area (Å²) in [6, 6.07) is 6.55. The lowest BCUT2D eigenvalue weighted by molar-refractivity contribution is -0.109. The molecule has 2 aliphatic carbocycles. The minimum atomic E-state index is -0.196. The highest BCUT2D eigenvalue weighted by atomic mass is 16.1. The highest BCUT2D eigenvalue weighted by Gasteiger charge is 2.19. The normalized spacial score (nSPS) is 14.6. The Balaban J connectivity index is 0.000000559. The van der Waals surface area contributed by atoms with Crippen LogP contribution < -0.4 is 16.4 Å². The molecule has 2 amide bonds. The summed E-state index contributed by atoms with van der Waals surface area (Å²) in [7, 11) is 2.17. The van der Waals surface area contributed by atoms with E-state index in [2.05, 4.69) is 57.2 Å². The molecule has 0 spiro atoms. The zero-order chi connectivity index (χ0) is 28.8. The lowest BCUT2D eigenvalue weighted by atomic mass is 10.0. The first-order chi connectivity index (χ1) is 18.2. The molecular formula is C31H56N4O3. The number of carbonyl (C=O) groups is 3. The molecule has 0 aliphatic heterocycles. The SMILES string of the molecule is CC(C)CC(N)CNC(=O)c1cccc(C=O)c1.CCC1CC1.CCCN(C)CCC.O=CNCC1CC1. The number of carbonyl (C=O) groups excluding carboxylic acids is 3. The third kappa shape index (κ3) is 21.8. The molecule has 1 unspecified atom stereocenters. The molecule has 7 nitrogen and oxygen atoms in total. The van der Waals surface area contributed by atoms with Crippen molar-refractivity contribution in [1.82, 2.24) is 15.5 Å². The summed E-state index contributed by atoms with van der Waals surface area (Å²) in [5.41, 5.74) is 6.86. The zero-order valence-electron chi connectivity index (χ0n) is 25.0. The third-order valence-corrected chi connectivity index (χ3v) is 6.26. The van der Waals surface area contributed by atoms with Gasteiger partial charge in [-0.05, 0) is 82.1 Å². The Hall–Kier alpha value is -2.25. The molecule has 0 radical (unpaired) electrons.